The molecule has 0 aromatic carbocycles. The van der Waals surface area contributed by atoms with Gasteiger partial charge in [0, 0.05) is 19.2 Å². The summed E-state index contributed by atoms with van der Waals surface area (Å²) in [5.41, 5.74) is 0.451. The van der Waals surface area contributed by atoms with E-state index in [1.54, 1.807) is 21.0 Å². The molecule has 0 unspecified atom stereocenters. The van der Waals surface area contributed by atoms with E-state index in [9.17, 15) is 4.79 Å². The van der Waals surface area contributed by atoms with Crippen molar-refractivity contribution in [2.75, 3.05) is 33.9 Å². The molecule has 0 saturated heterocycles. The van der Waals surface area contributed by atoms with Crippen molar-refractivity contribution in [3.63, 3.8) is 0 Å². The molecule has 84 valence electrons. The van der Waals surface area contributed by atoms with Crippen LogP contribution in [-0.2, 0) is 14.3 Å². The summed E-state index contributed by atoms with van der Waals surface area (Å²) in [7, 11) is 3.59. The Morgan fingerprint density at radius 1 is 1.50 bits per heavy atom. The normalized spacial score (nSPS) is 8.57. The molecule has 14 heavy (non-hydrogen) atoms. The largest absolute Gasteiger partial charge is 0.463 e. The molecular formula is C10H21NO3. The molecule has 0 aromatic rings. The van der Waals surface area contributed by atoms with Gasteiger partial charge in [-0.15, -0.1) is 0 Å². The van der Waals surface area contributed by atoms with Gasteiger partial charge in [-0.05, 0) is 20.9 Å². The number of rotatable bonds is 5. The van der Waals surface area contributed by atoms with Crippen molar-refractivity contribution in [3.05, 3.63) is 12.2 Å². The smallest absolute Gasteiger partial charge is 0.333 e. The summed E-state index contributed by atoms with van der Waals surface area (Å²) in [6.07, 6.45) is 0. The zero-order chi connectivity index (χ0) is 11.4. The van der Waals surface area contributed by atoms with E-state index in [1.165, 1.54) is 0 Å². The van der Waals surface area contributed by atoms with E-state index in [0.717, 1.165) is 13.2 Å². The minimum atomic E-state index is -0.312. The van der Waals surface area contributed by atoms with Gasteiger partial charge in [0.2, 0.25) is 0 Å². The van der Waals surface area contributed by atoms with Gasteiger partial charge in [-0.1, -0.05) is 6.58 Å². The summed E-state index contributed by atoms with van der Waals surface area (Å²) in [5.74, 6) is -0.312. The summed E-state index contributed by atoms with van der Waals surface area (Å²) in [4.78, 5) is 10.4. The second-order valence-electron chi connectivity index (χ2n) is 2.60. The lowest BCUT2D eigenvalue weighted by Gasteiger charge is -1.96. The van der Waals surface area contributed by atoms with Crippen LogP contribution in [0.4, 0.5) is 0 Å². The van der Waals surface area contributed by atoms with Crippen molar-refractivity contribution >= 4 is 5.97 Å². The molecule has 0 fully saturated rings. The van der Waals surface area contributed by atoms with Crippen molar-refractivity contribution in [1.82, 2.24) is 5.32 Å². The number of ether oxygens (including phenoxy) is 2. The van der Waals surface area contributed by atoms with Crippen LogP contribution >= 0.6 is 0 Å². The Morgan fingerprint density at radius 2 is 2.07 bits per heavy atom. The zero-order valence-electron chi connectivity index (χ0n) is 9.55. The molecule has 4 nitrogen and oxygen atoms in total. The third-order valence-corrected chi connectivity index (χ3v) is 1.18. The van der Waals surface area contributed by atoms with E-state index in [-0.39, 0.29) is 5.97 Å². The molecule has 0 bridgehead atoms. The lowest BCUT2D eigenvalue weighted by molar-refractivity contribution is -0.138. The maximum absolute atomic E-state index is 10.4. The molecule has 1 N–H and O–H groups in total. The van der Waals surface area contributed by atoms with Gasteiger partial charge in [0.1, 0.15) is 0 Å². The van der Waals surface area contributed by atoms with Gasteiger partial charge in [0.05, 0.1) is 13.2 Å². The molecular weight excluding hydrogens is 182 g/mol. The Labute approximate surface area is 86.3 Å². The lowest BCUT2D eigenvalue weighted by atomic mass is 10.4. The molecule has 0 aliphatic rings. The van der Waals surface area contributed by atoms with E-state index in [4.69, 9.17) is 4.74 Å². The molecule has 0 rings (SSSR count). The molecule has 0 aliphatic heterocycles. The molecule has 0 saturated carbocycles. The first-order chi connectivity index (χ1) is 6.59. The van der Waals surface area contributed by atoms with Crippen LogP contribution in [0.5, 0.6) is 0 Å². The quantitative estimate of drug-likeness (QED) is 0.411. The predicted molar refractivity (Wildman–Crippen MR) is 57.2 cm³/mol. The zero-order valence-corrected chi connectivity index (χ0v) is 9.55. The number of hydrogen-bond acceptors (Lipinski definition) is 4. The molecule has 0 atom stereocenters. The van der Waals surface area contributed by atoms with Crippen molar-refractivity contribution in [3.8, 4) is 0 Å². The molecule has 0 spiro atoms. The lowest BCUT2D eigenvalue weighted by Crippen LogP contribution is -2.12. The standard InChI is InChI=1S/C6H10O2.C4H11NO/c1-4-8-6(7)5(2)3;1-5-3-4-6-2/h2,4H2,1,3H3;5H,3-4H2,1-2H3. The average molecular weight is 203 g/mol. The third kappa shape index (κ3) is 13.7. The van der Waals surface area contributed by atoms with Crippen LogP contribution in [0.2, 0.25) is 0 Å². The fourth-order valence-corrected chi connectivity index (χ4v) is 0.458. The predicted octanol–water partition coefficient (Wildman–Crippen LogP) is 0.978. The van der Waals surface area contributed by atoms with Gasteiger partial charge in [-0.3, -0.25) is 0 Å². The SMILES string of the molecule is C=C(C)C(=O)OCC.CNCCOC. The maximum Gasteiger partial charge on any atom is 0.333 e. The van der Waals surface area contributed by atoms with E-state index in [1.807, 2.05) is 7.05 Å². The number of carbonyl (C=O) groups excluding carboxylic acids is 1. The fourth-order valence-electron chi connectivity index (χ4n) is 0.458. The van der Waals surface area contributed by atoms with Crippen LogP contribution < -0.4 is 5.32 Å². The number of likely N-dealkylation sites (N-methyl/N-ethyl adjacent to an activating group) is 1. The van der Waals surface area contributed by atoms with Crippen LogP contribution in [0.15, 0.2) is 12.2 Å². The van der Waals surface area contributed by atoms with Crippen molar-refractivity contribution in [1.29, 1.82) is 0 Å². The Hall–Kier alpha value is -0.870. The molecule has 0 aliphatic carbocycles. The molecule has 4 heteroatoms. The molecule has 0 amide bonds. The van der Waals surface area contributed by atoms with Crippen LogP contribution in [0, 0.1) is 0 Å². The topological polar surface area (TPSA) is 47.6 Å². The van der Waals surface area contributed by atoms with Gasteiger partial charge < -0.3 is 14.8 Å². The number of esters is 1. The van der Waals surface area contributed by atoms with Gasteiger partial charge in [0.25, 0.3) is 0 Å². The van der Waals surface area contributed by atoms with Gasteiger partial charge >= 0.3 is 5.97 Å². The Bertz CT molecular complexity index is 153. The number of methoxy groups -OCH3 is 1. The van der Waals surface area contributed by atoms with Crippen LogP contribution in [0.3, 0.4) is 0 Å². The van der Waals surface area contributed by atoms with E-state index in [0.29, 0.717) is 12.2 Å². The van der Waals surface area contributed by atoms with Crippen molar-refractivity contribution in [2.24, 2.45) is 0 Å². The van der Waals surface area contributed by atoms with Crippen LogP contribution in [0.25, 0.3) is 0 Å². The first-order valence-corrected chi connectivity index (χ1v) is 4.56. The monoisotopic (exact) mass is 203 g/mol. The second-order valence-corrected chi connectivity index (χ2v) is 2.60. The highest BCUT2D eigenvalue weighted by Gasteiger charge is 1.98. The third-order valence-electron chi connectivity index (χ3n) is 1.18. The summed E-state index contributed by atoms with van der Waals surface area (Å²) in [6.45, 7) is 8.95. The van der Waals surface area contributed by atoms with Gasteiger partial charge in [-0.25, -0.2) is 4.79 Å². The summed E-state index contributed by atoms with van der Waals surface area (Å²) < 4.78 is 9.28. The van der Waals surface area contributed by atoms with Crippen LogP contribution in [0.1, 0.15) is 13.8 Å². The Kier molecular flexibility index (Phi) is 13.5. The van der Waals surface area contributed by atoms with E-state index in [2.05, 4.69) is 16.6 Å². The average Bonchev–Trinajstić information content (AvgIpc) is 2.16. The summed E-state index contributed by atoms with van der Waals surface area (Å²) >= 11 is 0. The van der Waals surface area contributed by atoms with Crippen molar-refractivity contribution in [2.45, 2.75) is 13.8 Å². The first-order valence-electron chi connectivity index (χ1n) is 4.56. The molecule has 0 aromatic heterocycles. The summed E-state index contributed by atoms with van der Waals surface area (Å²) in [5, 5.41) is 2.94. The highest BCUT2D eigenvalue weighted by Crippen LogP contribution is 1.89. The Morgan fingerprint density at radius 3 is 2.21 bits per heavy atom. The van der Waals surface area contributed by atoms with Gasteiger partial charge in [-0.2, -0.15) is 0 Å². The molecule has 0 heterocycles. The second kappa shape index (κ2) is 12.1. The number of hydrogen-bond donors (Lipinski definition) is 1. The fraction of sp³-hybridized carbons (Fsp3) is 0.700. The first kappa shape index (κ1) is 15.6. The molecule has 0 radical (unpaired) electrons. The maximum atomic E-state index is 10.4. The highest BCUT2D eigenvalue weighted by molar-refractivity contribution is 5.86. The number of nitrogens with one attached hydrogen (secondary N) is 1. The minimum absolute atomic E-state index is 0.312. The van der Waals surface area contributed by atoms with Crippen LogP contribution in [-0.4, -0.2) is 39.9 Å². The number of carbonyl (C=O) groups is 1. The van der Waals surface area contributed by atoms with E-state index >= 15 is 0 Å². The van der Waals surface area contributed by atoms with Gasteiger partial charge in [0.15, 0.2) is 0 Å². The van der Waals surface area contributed by atoms with E-state index < -0.39 is 0 Å². The Balaban J connectivity index is 0. The highest BCUT2D eigenvalue weighted by atomic mass is 16.5. The van der Waals surface area contributed by atoms with Crippen molar-refractivity contribution < 1.29 is 14.3 Å². The summed E-state index contributed by atoms with van der Waals surface area (Å²) in [6, 6.07) is 0. The minimum Gasteiger partial charge on any atom is -0.463 e.